The smallest absolute Gasteiger partial charge is 0.306 e. The number of hydrogen-bond donors (Lipinski definition) is 2. The van der Waals surface area contributed by atoms with Gasteiger partial charge in [0.25, 0.3) is 0 Å². The zero-order valence-electron chi connectivity index (χ0n) is 18.8. The van der Waals surface area contributed by atoms with Crippen molar-refractivity contribution in [3.63, 3.8) is 0 Å². The Morgan fingerprint density at radius 3 is 2.54 bits per heavy atom. The second-order valence-corrected chi connectivity index (χ2v) is 8.75. The van der Waals surface area contributed by atoms with E-state index in [1.165, 1.54) is 18.2 Å². The fraction of sp³-hybridized carbons (Fsp3) is 0.269. The van der Waals surface area contributed by atoms with Crippen LogP contribution in [0.1, 0.15) is 43.0 Å². The minimum atomic E-state index is -0.752. The van der Waals surface area contributed by atoms with Gasteiger partial charge in [-0.3, -0.25) is 9.20 Å². The molecular weight excluding hydrogens is 454 g/mol. The number of nitrogens with two attached hydrogens (primary N) is 1. The van der Waals surface area contributed by atoms with Crippen molar-refractivity contribution in [1.29, 1.82) is 0 Å². The molecule has 7 nitrogen and oxygen atoms in total. The number of imidazole rings is 1. The molecule has 0 radical (unpaired) electrons. The molecule has 1 saturated carbocycles. The first-order chi connectivity index (χ1) is 16.9. The molecule has 4 aromatic rings. The Morgan fingerprint density at radius 1 is 1.11 bits per heavy atom. The van der Waals surface area contributed by atoms with E-state index in [0.717, 1.165) is 24.2 Å². The van der Waals surface area contributed by atoms with Crippen molar-refractivity contribution < 1.29 is 23.4 Å². The molecule has 1 fully saturated rings. The lowest BCUT2D eigenvalue weighted by atomic mass is 9.81. The number of fused-ring (bicyclic) bond motifs is 1. The minimum absolute atomic E-state index is 0.0945. The summed E-state index contributed by atoms with van der Waals surface area (Å²) in [5.74, 6) is -0.749. The molecule has 0 bridgehead atoms. The van der Waals surface area contributed by atoms with Crippen LogP contribution in [-0.4, -0.2) is 25.4 Å². The predicted octanol–water partition coefficient (Wildman–Crippen LogP) is 5.19. The third kappa shape index (κ3) is 4.41. The van der Waals surface area contributed by atoms with E-state index < -0.39 is 17.6 Å². The summed E-state index contributed by atoms with van der Waals surface area (Å²) >= 11 is 0. The number of halogens is 2. The number of benzene rings is 2. The molecular formula is C26H24F2N4O3. The molecule has 1 aliphatic rings. The molecule has 0 atom stereocenters. The van der Waals surface area contributed by atoms with E-state index in [4.69, 9.17) is 15.5 Å². The number of carboxylic acid groups (broad SMARTS) is 1. The van der Waals surface area contributed by atoms with Gasteiger partial charge in [-0.25, -0.2) is 18.7 Å². The molecule has 2 aromatic carbocycles. The Bertz CT molecular complexity index is 1380. The summed E-state index contributed by atoms with van der Waals surface area (Å²) in [6.45, 7) is -0.256. The van der Waals surface area contributed by atoms with Gasteiger partial charge in [0, 0.05) is 23.9 Å². The SMILES string of the molecule is Nc1nccn2c(C3CCC(C(=O)O)CC3)nc(-c3cccc(OCc4c(F)cccc4F)c3)c12. The Labute approximate surface area is 200 Å². The summed E-state index contributed by atoms with van der Waals surface area (Å²) in [5, 5.41) is 9.33. The normalized spacial score (nSPS) is 18.0. The topological polar surface area (TPSA) is 103 Å². The van der Waals surface area contributed by atoms with Gasteiger partial charge in [0.05, 0.1) is 11.5 Å². The molecule has 5 rings (SSSR count). The molecule has 0 spiro atoms. The molecule has 0 amide bonds. The number of carboxylic acids is 1. The lowest BCUT2D eigenvalue weighted by Crippen LogP contribution is -2.21. The molecule has 35 heavy (non-hydrogen) atoms. The van der Waals surface area contributed by atoms with Crippen LogP contribution < -0.4 is 10.5 Å². The van der Waals surface area contributed by atoms with Gasteiger partial charge in [-0.2, -0.15) is 0 Å². The van der Waals surface area contributed by atoms with Crippen LogP contribution in [0.15, 0.2) is 54.9 Å². The minimum Gasteiger partial charge on any atom is -0.489 e. The second-order valence-electron chi connectivity index (χ2n) is 8.75. The first-order valence-electron chi connectivity index (χ1n) is 11.4. The van der Waals surface area contributed by atoms with Crippen LogP contribution in [0.5, 0.6) is 5.75 Å². The number of carbonyl (C=O) groups is 1. The average molecular weight is 478 g/mol. The van der Waals surface area contributed by atoms with E-state index in [0.29, 0.717) is 35.6 Å². The van der Waals surface area contributed by atoms with Crippen molar-refractivity contribution in [2.24, 2.45) is 5.92 Å². The van der Waals surface area contributed by atoms with Gasteiger partial charge in [0.1, 0.15) is 46.8 Å². The highest BCUT2D eigenvalue weighted by Crippen LogP contribution is 2.39. The zero-order chi connectivity index (χ0) is 24.5. The summed E-state index contributed by atoms with van der Waals surface area (Å²) in [4.78, 5) is 20.5. The van der Waals surface area contributed by atoms with Crippen LogP contribution >= 0.6 is 0 Å². The lowest BCUT2D eigenvalue weighted by molar-refractivity contribution is -0.142. The lowest BCUT2D eigenvalue weighted by Gasteiger charge is -2.25. The second kappa shape index (κ2) is 9.32. The highest BCUT2D eigenvalue weighted by Gasteiger charge is 2.30. The zero-order valence-corrected chi connectivity index (χ0v) is 18.8. The summed E-state index contributed by atoms with van der Waals surface area (Å²) in [7, 11) is 0. The summed E-state index contributed by atoms with van der Waals surface area (Å²) in [6, 6.07) is 10.8. The highest BCUT2D eigenvalue weighted by atomic mass is 19.1. The summed E-state index contributed by atoms with van der Waals surface area (Å²) in [5.41, 5.74) is 8.09. The van der Waals surface area contributed by atoms with Crippen LogP contribution in [0.3, 0.4) is 0 Å². The number of aliphatic carboxylic acids is 1. The van der Waals surface area contributed by atoms with Crippen molar-refractivity contribution in [3.05, 3.63) is 77.9 Å². The van der Waals surface area contributed by atoms with E-state index in [2.05, 4.69) is 4.98 Å². The van der Waals surface area contributed by atoms with Crippen molar-refractivity contribution in [2.45, 2.75) is 38.2 Å². The number of nitrogen functional groups attached to an aromatic ring is 1. The van der Waals surface area contributed by atoms with Crippen LogP contribution in [0.4, 0.5) is 14.6 Å². The molecule has 9 heteroatoms. The Morgan fingerprint density at radius 2 is 1.83 bits per heavy atom. The molecule has 180 valence electrons. The van der Waals surface area contributed by atoms with Crippen molar-refractivity contribution in [3.8, 4) is 17.0 Å². The third-order valence-corrected chi connectivity index (χ3v) is 6.60. The fourth-order valence-electron chi connectivity index (χ4n) is 4.73. The van der Waals surface area contributed by atoms with E-state index in [1.807, 2.05) is 16.7 Å². The Hall–Kier alpha value is -4.01. The van der Waals surface area contributed by atoms with Gasteiger partial charge < -0.3 is 15.6 Å². The van der Waals surface area contributed by atoms with E-state index in [9.17, 15) is 18.7 Å². The molecule has 0 aliphatic heterocycles. The van der Waals surface area contributed by atoms with Crippen molar-refractivity contribution in [2.75, 3.05) is 5.73 Å². The Kier molecular flexibility index (Phi) is 6.07. The number of rotatable bonds is 6. The van der Waals surface area contributed by atoms with Crippen LogP contribution in [0.25, 0.3) is 16.8 Å². The molecule has 2 aromatic heterocycles. The first kappa shape index (κ1) is 22.8. The highest BCUT2D eigenvalue weighted by molar-refractivity contribution is 5.85. The first-order valence-corrected chi connectivity index (χ1v) is 11.4. The van der Waals surface area contributed by atoms with Gasteiger partial charge in [0.2, 0.25) is 0 Å². The van der Waals surface area contributed by atoms with Gasteiger partial charge in [-0.05, 0) is 49.9 Å². The molecule has 0 saturated heterocycles. The number of aromatic nitrogens is 3. The molecule has 2 heterocycles. The van der Waals surface area contributed by atoms with E-state index >= 15 is 0 Å². The molecule has 3 N–H and O–H groups in total. The maximum Gasteiger partial charge on any atom is 0.306 e. The standard InChI is InChI=1S/C26H24F2N4O3/c27-20-5-2-6-21(28)19(20)14-35-18-4-1-3-17(13-18)22-23-24(29)30-11-12-32(23)25(31-22)15-7-9-16(10-8-15)26(33)34/h1-6,11-13,15-16H,7-10,14H2,(H2,29,30)(H,33,34). The Balaban J connectivity index is 1.47. The quantitative estimate of drug-likeness (QED) is 0.395. The van der Waals surface area contributed by atoms with E-state index in [1.54, 1.807) is 24.4 Å². The van der Waals surface area contributed by atoms with Crippen molar-refractivity contribution >= 4 is 17.3 Å². The van der Waals surface area contributed by atoms with Gasteiger partial charge in [-0.15, -0.1) is 0 Å². The van der Waals surface area contributed by atoms with Gasteiger partial charge in [-0.1, -0.05) is 18.2 Å². The number of ether oxygens (including phenoxy) is 1. The largest absolute Gasteiger partial charge is 0.489 e. The monoisotopic (exact) mass is 478 g/mol. The summed E-state index contributed by atoms with van der Waals surface area (Å²) in [6.07, 6.45) is 6.05. The van der Waals surface area contributed by atoms with Gasteiger partial charge in [0.15, 0.2) is 0 Å². The van der Waals surface area contributed by atoms with Gasteiger partial charge >= 0.3 is 5.97 Å². The maximum atomic E-state index is 14.0. The summed E-state index contributed by atoms with van der Waals surface area (Å²) < 4.78 is 35.6. The van der Waals surface area contributed by atoms with Crippen LogP contribution in [0, 0.1) is 17.6 Å². The third-order valence-electron chi connectivity index (χ3n) is 6.60. The fourth-order valence-corrected chi connectivity index (χ4v) is 4.73. The van der Waals surface area contributed by atoms with Crippen LogP contribution in [-0.2, 0) is 11.4 Å². The van der Waals surface area contributed by atoms with Crippen LogP contribution in [0.2, 0.25) is 0 Å². The average Bonchev–Trinajstić information content (AvgIpc) is 3.25. The molecule has 0 unspecified atom stereocenters. The number of nitrogens with zero attached hydrogens (tertiary/aromatic N) is 3. The van der Waals surface area contributed by atoms with E-state index in [-0.39, 0.29) is 24.0 Å². The predicted molar refractivity (Wildman–Crippen MR) is 126 cm³/mol. The number of anilines is 1. The van der Waals surface area contributed by atoms with Crippen molar-refractivity contribution in [1.82, 2.24) is 14.4 Å². The molecule has 1 aliphatic carbocycles. The maximum absolute atomic E-state index is 14.0. The number of hydrogen-bond acceptors (Lipinski definition) is 5.